The van der Waals surface area contributed by atoms with E-state index in [0.29, 0.717) is 12.3 Å². The van der Waals surface area contributed by atoms with Crippen molar-refractivity contribution >= 4 is 10.8 Å². The van der Waals surface area contributed by atoms with E-state index in [1.807, 2.05) is 6.92 Å². The van der Waals surface area contributed by atoms with Crippen molar-refractivity contribution < 1.29 is 8.60 Å². The summed E-state index contributed by atoms with van der Waals surface area (Å²) in [6, 6.07) is 6.14. The van der Waals surface area contributed by atoms with Crippen LogP contribution < -0.4 is 5.73 Å². The second-order valence-electron chi connectivity index (χ2n) is 3.28. The third-order valence-corrected chi connectivity index (χ3v) is 3.61. The molecule has 0 amide bonds. The Bertz CT molecular complexity index is 330. The second kappa shape index (κ2) is 5.22. The zero-order chi connectivity index (χ0) is 10.6. The maximum absolute atomic E-state index is 13.2. The molecular weight excluding hydrogens is 201 g/mol. The van der Waals surface area contributed by atoms with Gasteiger partial charge >= 0.3 is 0 Å². The van der Waals surface area contributed by atoms with Crippen LogP contribution in [-0.4, -0.2) is 16.5 Å². The van der Waals surface area contributed by atoms with Crippen LogP contribution in [-0.2, 0) is 10.8 Å². The summed E-state index contributed by atoms with van der Waals surface area (Å²) < 4.78 is 24.8. The lowest BCUT2D eigenvalue weighted by atomic mass is 10.2. The summed E-state index contributed by atoms with van der Waals surface area (Å²) in [5.74, 6) is 0.155. The lowest BCUT2D eigenvalue weighted by molar-refractivity contribution is 0.591. The quantitative estimate of drug-likeness (QED) is 0.827. The minimum Gasteiger partial charge on any atom is -0.330 e. The molecular formula is C10H14FNOS. The van der Waals surface area contributed by atoms with E-state index in [1.54, 1.807) is 18.2 Å². The molecule has 0 heterocycles. The van der Waals surface area contributed by atoms with Crippen LogP contribution in [0.4, 0.5) is 4.39 Å². The monoisotopic (exact) mass is 215 g/mol. The van der Waals surface area contributed by atoms with Crippen molar-refractivity contribution in [1.29, 1.82) is 0 Å². The predicted octanol–water partition coefficient (Wildman–Crippen LogP) is 1.53. The summed E-state index contributed by atoms with van der Waals surface area (Å²) in [5, 5.41) is 0. The molecule has 1 aromatic carbocycles. The van der Waals surface area contributed by atoms with E-state index in [1.165, 1.54) is 6.07 Å². The molecule has 0 saturated heterocycles. The molecule has 0 aromatic heterocycles. The highest BCUT2D eigenvalue weighted by Gasteiger charge is 2.11. The van der Waals surface area contributed by atoms with Gasteiger partial charge in [-0.25, -0.2) is 4.39 Å². The van der Waals surface area contributed by atoms with Crippen LogP contribution in [0.5, 0.6) is 0 Å². The van der Waals surface area contributed by atoms with Crippen LogP contribution in [0.15, 0.2) is 29.2 Å². The van der Waals surface area contributed by atoms with Gasteiger partial charge in [0.2, 0.25) is 0 Å². The van der Waals surface area contributed by atoms with Crippen LogP contribution in [0.2, 0.25) is 0 Å². The Morgan fingerprint density at radius 2 is 2.14 bits per heavy atom. The zero-order valence-corrected chi connectivity index (χ0v) is 8.89. The summed E-state index contributed by atoms with van der Waals surface area (Å²) >= 11 is 0. The average molecular weight is 215 g/mol. The first kappa shape index (κ1) is 11.3. The van der Waals surface area contributed by atoms with Gasteiger partial charge in [0.25, 0.3) is 0 Å². The number of rotatable bonds is 4. The first-order valence-corrected chi connectivity index (χ1v) is 5.80. The first-order chi connectivity index (χ1) is 6.65. The number of nitrogens with two attached hydrogens (primary N) is 1. The molecule has 2 atom stereocenters. The largest absolute Gasteiger partial charge is 0.330 e. The Balaban J connectivity index is 2.75. The van der Waals surface area contributed by atoms with Crippen LogP contribution in [0.1, 0.15) is 6.92 Å². The van der Waals surface area contributed by atoms with Crippen molar-refractivity contribution in [3.63, 3.8) is 0 Å². The van der Waals surface area contributed by atoms with Crippen LogP contribution in [0.25, 0.3) is 0 Å². The molecule has 0 radical (unpaired) electrons. The van der Waals surface area contributed by atoms with Gasteiger partial charge < -0.3 is 5.73 Å². The van der Waals surface area contributed by atoms with E-state index < -0.39 is 16.6 Å². The minimum absolute atomic E-state index is 0.149. The molecule has 0 aliphatic carbocycles. The van der Waals surface area contributed by atoms with Crippen LogP contribution >= 0.6 is 0 Å². The highest BCUT2D eigenvalue weighted by atomic mass is 32.2. The number of hydrogen-bond acceptors (Lipinski definition) is 2. The van der Waals surface area contributed by atoms with E-state index in [4.69, 9.17) is 5.73 Å². The summed E-state index contributed by atoms with van der Waals surface area (Å²) in [6.45, 7) is 2.37. The molecule has 0 saturated carbocycles. The Labute approximate surface area is 85.8 Å². The van der Waals surface area contributed by atoms with Gasteiger partial charge in [0.1, 0.15) is 5.82 Å². The molecule has 0 fully saturated rings. The van der Waals surface area contributed by atoms with E-state index in [2.05, 4.69) is 0 Å². The van der Waals surface area contributed by atoms with Crippen molar-refractivity contribution in [1.82, 2.24) is 0 Å². The third kappa shape index (κ3) is 2.89. The summed E-state index contributed by atoms with van der Waals surface area (Å²) in [4.78, 5) is 0.271. The van der Waals surface area contributed by atoms with Crippen LogP contribution in [0.3, 0.4) is 0 Å². The van der Waals surface area contributed by atoms with Gasteiger partial charge in [0.05, 0.1) is 15.7 Å². The normalized spacial score (nSPS) is 15.1. The van der Waals surface area contributed by atoms with Gasteiger partial charge in [-0.1, -0.05) is 19.1 Å². The summed E-state index contributed by atoms with van der Waals surface area (Å²) in [6.07, 6.45) is 0. The minimum atomic E-state index is -1.28. The lowest BCUT2D eigenvalue weighted by Gasteiger charge is -2.08. The van der Waals surface area contributed by atoms with Crippen molar-refractivity contribution in [2.24, 2.45) is 11.7 Å². The second-order valence-corrected chi connectivity index (χ2v) is 4.75. The van der Waals surface area contributed by atoms with Crippen LogP contribution in [0, 0.1) is 11.7 Å². The van der Waals surface area contributed by atoms with Gasteiger partial charge in [-0.05, 0) is 24.6 Å². The molecule has 0 spiro atoms. The molecule has 2 nitrogen and oxygen atoms in total. The molecule has 2 N–H and O–H groups in total. The van der Waals surface area contributed by atoms with Crippen molar-refractivity contribution in [2.75, 3.05) is 12.3 Å². The standard InChI is InChI=1S/C10H14FNOS/c1-8(6-12)7-14(13)10-5-3-2-4-9(10)11/h2-5,8H,6-7,12H2,1H3. The maximum atomic E-state index is 13.2. The molecule has 1 rings (SSSR count). The average Bonchev–Trinajstić information content (AvgIpc) is 2.18. The fourth-order valence-electron chi connectivity index (χ4n) is 1.05. The third-order valence-electron chi connectivity index (χ3n) is 1.92. The summed E-state index contributed by atoms with van der Waals surface area (Å²) in [5.41, 5.74) is 5.41. The highest BCUT2D eigenvalue weighted by molar-refractivity contribution is 7.85. The zero-order valence-electron chi connectivity index (χ0n) is 8.07. The van der Waals surface area contributed by atoms with Gasteiger partial charge in [-0.15, -0.1) is 0 Å². The molecule has 14 heavy (non-hydrogen) atoms. The van der Waals surface area contributed by atoms with Gasteiger partial charge in [-0.2, -0.15) is 0 Å². The molecule has 0 bridgehead atoms. The summed E-state index contributed by atoms with van der Waals surface area (Å²) in [7, 11) is -1.28. The first-order valence-electron chi connectivity index (χ1n) is 4.48. The molecule has 1 aromatic rings. The predicted molar refractivity (Wildman–Crippen MR) is 55.9 cm³/mol. The SMILES string of the molecule is CC(CN)CS(=O)c1ccccc1F. The van der Waals surface area contributed by atoms with Crippen molar-refractivity contribution in [2.45, 2.75) is 11.8 Å². The van der Waals surface area contributed by atoms with E-state index in [9.17, 15) is 8.60 Å². The van der Waals surface area contributed by atoms with E-state index in [0.717, 1.165) is 0 Å². The van der Waals surface area contributed by atoms with Gasteiger partial charge in [-0.3, -0.25) is 4.21 Å². The van der Waals surface area contributed by atoms with Gasteiger partial charge in [0.15, 0.2) is 0 Å². The number of halogens is 1. The fraction of sp³-hybridized carbons (Fsp3) is 0.400. The molecule has 0 aliphatic heterocycles. The smallest absolute Gasteiger partial charge is 0.139 e. The Morgan fingerprint density at radius 3 is 2.71 bits per heavy atom. The Hall–Kier alpha value is -0.740. The van der Waals surface area contributed by atoms with E-state index >= 15 is 0 Å². The van der Waals surface area contributed by atoms with E-state index in [-0.39, 0.29) is 10.8 Å². The fourth-order valence-corrected chi connectivity index (χ4v) is 2.39. The lowest BCUT2D eigenvalue weighted by Crippen LogP contribution is -2.18. The molecule has 2 unspecified atom stereocenters. The molecule has 78 valence electrons. The highest BCUT2D eigenvalue weighted by Crippen LogP contribution is 2.13. The molecule has 4 heteroatoms. The van der Waals surface area contributed by atoms with Crippen molar-refractivity contribution in [3.8, 4) is 0 Å². The Kier molecular flexibility index (Phi) is 4.22. The van der Waals surface area contributed by atoms with Gasteiger partial charge in [0, 0.05) is 5.75 Å². The molecule has 0 aliphatic rings. The topological polar surface area (TPSA) is 43.1 Å². The number of benzene rings is 1. The van der Waals surface area contributed by atoms with Crippen molar-refractivity contribution in [3.05, 3.63) is 30.1 Å². The number of hydrogen-bond donors (Lipinski definition) is 1. The Morgan fingerprint density at radius 1 is 1.50 bits per heavy atom. The maximum Gasteiger partial charge on any atom is 0.139 e.